The smallest absolute Gasteiger partial charge is 0.346 e. The third-order valence-corrected chi connectivity index (χ3v) is 8.44. The first kappa shape index (κ1) is 30.6. The number of nitro benzene ring substituents is 1. The van der Waals surface area contributed by atoms with Crippen molar-refractivity contribution in [3.63, 3.8) is 0 Å². The number of hydrogen-bond acceptors (Lipinski definition) is 10. The van der Waals surface area contributed by atoms with Crippen LogP contribution in [0.5, 0.6) is 17.2 Å². The van der Waals surface area contributed by atoms with Gasteiger partial charge in [-0.3, -0.25) is 24.6 Å². The molecule has 0 aliphatic carbocycles. The first-order chi connectivity index (χ1) is 19.9. The predicted octanol–water partition coefficient (Wildman–Crippen LogP) is 5.92. The summed E-state index contributed by atoms with van der Waals surface area (Å²) >= 11 is 0.774. The van der Waals surface area contributed by atoms with Gasteiger partial charge in [-0.25, -0.2) is 0 Å². The lowest BCUT2D eigenvalue weighted by Gasteiger charge is -2.17. The lowest BCUT2D eigenvalue weighted by Crippen LogP contribution is -2.32. The lowest BCUT2D eigenvalue weighted by molar-refractivity contribution is -0.387. The van der Waals surface area contributed by atoms with E-state index in [1.54, 1.807) is 0 Å². The van der Waals surface area contributed by atoms with Crippen molar-refractivity contribution in [3.8, 4) is 17.2 Å². The van der Waals surface area contributed by atoms with E-state index in [0.29, 0.717) is 11.3 Å². The molecule has 4 rings (SSSR count). The van der Waals surface area contributed by atoms with Gasteiger partial charge in [-0.2, -0.15) is 8.42 Å². The highest BCUT2D eigenvalue weighted by molar-refractivity contribution is 8.18. The molecular weight excluding hydrogens is 584 g/mol. The topological polar surface area (TPSA) is 142 Å². The molecule has 0 N–H and O–H groups in total. The monoisotopic (exact) mass is 612 g/mol. The number of nitro groups is 1. The molecule has 220 valence electrons. The van der Waals surface area contributed by atoms with E-state index in [0.717, 1.165) is 39.9 Å². The van der Waals surface area contributed by atoms with Crippen molar-refractivity contribution in [3.05, 3.63) is 92.4 Å². The SMILES string of the molecule is COc1cc(/C=C2\SC(=O)N(CCOc3cc(C)ccc3C(C)C)C2=O)ccc1OS(=O)(=O)c1ccccc1[N+](=O)[O-]. The number of benzene rings is 3. The van der Waals surface area contributed by atoms with Crippen LogP contribution in [-0.4, -0.2) is 49.6 Å². The second-order valence-electron chi connectivity index (χ2n) is 9.55. The number of amides is 2. The van der Waals surface area contributed by atoms with Gasteiger partial charge in [0.1, 0.15) is 12.4 Å². The maximum Gasteiger partial charge on any atom is 0.346 e. The minimum Gasteiger partial charge on any atom is -0.493 e. The third-order valence-electron chi connectivity index (χ3n) is 6.25. The van der Waals surface area contributed by atoms with Gasteiger partial charge < -0.3 is 13.7 Å². The van der Waals surface area contributed by atoms with E-state index < -0.39 is 36.8 Å². The first-order valence-corrected chi connectivity index (χ1v) is 15.0. The number of hydrogen-bond donors (Lipinski definition) is 0. The fraction of sp³-hybridized carbons (Fsp3) is 0.241. The average molecular weight is 613 g/mol. The number of methoxy groups -OCH3 is 1. The van der Waals surface area contributed by atoms with Crippen molar-refractivity contribution >= 4 is 44.8 Å². The molecule has 0 spiro atoms. The lowest BCUT2D eigenvalue weighted by atomic mass is 10.0. The molecule has 0 radical (unpaired) electrons. The van der Waals surface area contributed by atoms with Gasteiger partial charge in [0.15, 0.2) is 16.4 Å². The normalized spacial score (nSPS) is 14.5. The molecule has 42 heavy (non-hydrogen) atoms. The Hall–Kier alpha value is -4.36. The number of nitrogens with zero attached hydrogens (tertiary/aromatic N) is 2. The minimum atomic E-state index is -4.58. The molecule has 0 bridgehead atoms. The van der Waals surface area contributed by atoms with Crippen LogP contribution in [-0.2, 0) is 14.9 Å². The summed E-state index contributed by atoms with van der Waals surface area (Å²) in [6, 6.07) is 14.9. The maximum atomic E-state index is 13.0. The number of para-hydroxylation sites is 1. The van der Waals surface area contributed by atoms with Crippen molar-refractivity contribution in [2.45, 2.75) is 31.6 Å². The fourth-order valence-corrected chi connectivity index (χ4v) is 6.13. The van der Waals surface area contributed by atoms with Crippen molar-refractivity contribution in [1.82, 2.24) is 4.90 Å². The Morgan fingerprint density at radius 2 is 1.76 bits per heavy atom. The van der Waals surface area contributed by atoms with Crippen molar-refractivity contribution in [1.29, 1.82) is 0 Å². The summed E-state index contributed by atoms with van der Waals surface area (Å²) in [5.74, 6) is 0.255. The second kappa shape index (κ2) is 12.7. The van der Waals surface area contributed by atoms with Gasteiger partial charge >= 0.3 is 10.1 Å². The predicted molar refractivity (Wildman–Crippen MR) is 157 cm³/mol. The number of ether oxygens (including phenoxy) is 2. The number of imide groups is 1. The van der Waals surface area contributed by atoms with Gasteiger partial charge in [0, 0.05) is 6.07 Å². The molecule has 0 unspecified atom stereocenters. The number of carbonyl (C=O) groups is 2. The Kier molecular flexibility index (Phi) is 9.22. The Bertz CT molecular complexity index is 1680. The highest BCUT2D eigenvalue weighted by Gasteiger charge is 2.35. The average Bonchev–Trinajstić information content (AvgIpc) is 3.20. The van der Waals surface area contributed by atoms with E-state index in [1.165, 1.54) is 43.5 Å². The molecule has 3 aromatic rings. The molecule has 13 heteroatoms. The summed E-state index contributed by atoms with van der Waals surface area (Å²) in [4.78, 5) is 36.8. The molecule has 11 nitrogen and oxygen atoms in total. The minimum absolute atomic E-state index is 0.00218. The molecule has 0 aromatic heterocycles. The Labute approximate surface area is 247 Å². The molecule has 1 heterocycles. The van der Waals surface area contributed by atoms with Crippen LogP contribution in [0.25, 0.3) is 6.08 Å². The summed E-state index contributed by atoms with van der Waals surface area (Å²) in [7, 11) is -3.29. The second-order valence-corrected chi connectivity index (χ2v) is 12.1. The summed E-state index contributed by atoms with van der Waals surface area (Å²) < 4.78 is 42.0. The molecular formula is C29H28N2O9S2. The molecule has 1 aliphatic rings. The van der Waals surface area contributed by atoms with Crippen molar-refractivity contribution in [2.75, 3.05) is 20.3 Å². The van der Waals surface area contributed by atoms with Crippen LogP contribution in [0, 0.1) is 17.0 Å². The number of rotatable bonds is 11. The number of carbonyl (C=O) groups excluding carboxylic acids is 2. The maximum absolute atomic E-state index is 13.0. The molecule has 0 saturated carbocycles. The molecule has 1 aliphatic heterocycles. The van der Waals surface area contributed by atoms with E-state index in [-0.39, 0.29) is 35.5 Å². The summed E-state index contributed by atoms with van der Waals surface area (Å²) in [5, 5.41) is 10.9. The van der Waals surface area contributed by atoms with Crippen molar-refractivity contribution in [2.24, 2.45) is 0 Å². The van der Waals surface area contributed by atoms with Gasteiger partial charge in [0.25, 0.3) is 16.8 Å². The quantitative estimate of drug-likeness (QED) is 0.111. The van der Waals surface area contributed by atoms with E-state index in [4.69, 9.17) is 13.7 Å². The zero-order valence-corrected chi connectivity index (χ0v) is 24.9. The van der Waals surface area contributed by atoms with Crippen LogP contribution in [0.2, 0.25) is 0 Å². The van der Waals surface area contributed by atoms with Gasteiger partial charge in [-0.05, 0) is 71.6 Å². The van der Waals surface area contributed by atoms with E-state index in [9.17, 15) is 28.1 Å². The van der Waals surface area contributed by atoms with Gasteiger partial charge in [-0.1, -0.05) is 44.2 Å². The van der Waals surface area contributed by atoms with E-state index >= 15 is 0 Å². The third kappa shape index (κ3) is 6.74. The fourth-order valence-electron chi connectivity index (χ4n) is 4.16. The summed E-state index contributed by atoms with van der Waals surface area (Å²) in [5.41, 5.74) is 1.87. The summed E-state index contributed by atoms with van der Waals surface area (Å²) in [6.45, 7) is 6.26. The number of thioether (sulfide) groups is 1. The van der Waals surface area contributed by atoms with Crippen LogP contribution >= 0.6 is 11.8 Å². The first-order valence-electron chi connectivity index (χ1n) is 12.8. The van der Waals surface area contributed by atoms with Crippen molar-refractivity contribution < 1.29 is 36.6 Å². The van der Waals surface area contributed by atoms with E-state index in [2.05, 4.69) is 13.8 Å². The largest absolute Gasteiger partial charge is 0.493 e. The molecule has 0 atom stereocenters. The Morgan fingerprint density at radius 3 is 2.45 bits per heavy atom. The van der Waals surface area contributed by atoms with Gasteiger partial charge in [0.05, 0.1) is 23.5 Å². The zero-order chi connectivity index (χ0) is 30.6. The van der Waals surface area contributed by atoms with Crippen LogP contribution in [0.1, 0.15) is 36.5 Å². The Balaban J connectivity index is 1.48. The van der Waals surface area contributed by atoms with Crippen LogP contribution in [0.15, 0.2) is 70.5 Å². The molecule has 1 fully saturated rings. The Morgan fingerprint density at radius 1 is 1.02 bits per heavy atom. The van der Waals surface area contributed by atoms with Gasteiger partial charge in [-0.15, -0.1) is 0 Å². The molecule has 2 amide bonds. The zero-order valence-electron chi connectivity index (χ0n) is 23.2. The summed E-state index contributed by atoms with van der Waals surface area (Å²) in [6.07, 6.45) is 1.48. The molecule has 1 saturated heterocycles. The highest BCUT2D eigenvalue weighted by Crippen LogP contribution is 2.36. The standard InChI is InChI=1S/C29H28N2O9S2/c1-18(2)21-11-9-19(3)15-24(21)39-14-13-30-28(32)26(41-29(30)33)17-20-10-12-23(25(16-20)38-4)40-42(36,37)27-8-6-5-7-22(27)31(34)35/h5-12,15-18H,13-14H2,1-4H3/b26-17-. The van der Waals surface area contributed by atoms with Gasteiger partial charge in [0.2, 0.25) is 0 Å². The highest BCUT2D eigenvalue weighted by atomic mass is 32.2. The van der Waals surface area contributed by atoms with Crippen LogP contribution in [0.4, 0.5) is 10.5 Å². The van der Waals surface area contributed by atoms with Crippen LogP contribution in [0.3, 0.4) is 0 Å². The van der Waals surface area contributed by atoms with E-state index in [1.807, 2.05) is 25.1 Å². The molecule has 3 aromatic carbocycles. The number of aryl methyl sites for hydroxylation is 1. The van der Waals surface area contributed by atoms with Crippen LogP contribution < -0.4 is 13.7 Å².